The van der Waals surface area contributed by atoms with E-state index in [4.69, 9.17) is 0 Å². The molecular formula is C32H50F6N2. The van der Waals surface area contributed by atoms with Gasteiger partial charge in [0.15, 0.2) is 0 Å². The Morgan fingerprint density at radius 1 is 0.675 bits per heavy atom. The first-order chi connectivity index (χ1) is 18.9. The molecule has 2 saturated heterocycles. The van der Waals surface area contributed by atoms with E-state index in [0.717, 1.165) is 73.6 Å². The Morgan fingerprint density at radius 2 is 1.18 bits per heavy atom. The highest BCUT2D eigenvalue weighted by molar-refractivity contribution is 5.36. The Bertz CT molecular complexity index is 955. The Kier molecular flexibility index (Phi) is 17.4. The van der Waals surface area contributed by atoms with Crippen molar-refractivity contribution in [2.75, 3.05) is 26.7 Å². The number of likely N-dealkylation sites (tertiary alicyclic amines) is 1. The van der Waals surface area contributed by atoms with Crippen LogP contribution in [0.5, 0.6) is 0 Å². The number of benzene rings is 2. The lowest BCUT2D eigenvalue weighted by Gasteiger charge is -2.30. The number of rotatable bonds is 2. The SMILES string of the molecule is CC.CC.CC.Cc1cc(C(F)(F)F)ccc1C1CCN(C)CC1.Cc1ccc(C(F)(F)F)cc1C1CCCN1. The van der Waals surface area contributed by atoms with Crippen LogP contribution in [0.15, 0.2) is 36.4 Å². The third-order valence-electron chi connectivity index (χ3n) is 6.80. The molecule has 2 aliphatic rings. The third-order valence-corrected chi connectivity index (χ3v) is 6.80. The minimum Gasteiger partial charge on any atom is -0.310 e. The van der Waals surface area contributed by atoms with Gasteiger partial charge >= 0.3 is 12.4 Å². The van der Waals surface area contributed by atoms with Gasteiger partial charge in [-0.1, -0.05) is 53.7 Å². The molecule has 8 heteroatoms. The summed E-state index contributed by atoms with van der Waals surface area (Å²) in [4.78, 5) is 2.26. The van der Waals surface area contributed by atoms with Gasteiger partial charge in [0, 0.05) is 6.04 Å². The molecule has 0 spiro atoms. The highest BCUT2D eigenvalue weighted by Gasteiger charge is 2.32. The van der Waals surface area contributed by atoms with Crippen LogP contribution in [0.3, 0.4) is 0 Å². The monoisotopic (exact) mass is 576 g/mol. The van der Waals surface area contributed by atoms with Crippen molar-refractivity contribution in [3.05, 3.63) is 69.8 Å². The molecule has 2 aliphatic heterocycles. The van der Waals surface area contributed by atoms with Gasteiger partial charge in [0.05, 0.1) is 11.1 Å². The molecule has 0 amide bonds. The van der Waals surface area contributed by atoms with Crippen LogP contribution < -0.4 is 5.32 Å². The van der Waals surface area contributed by atoms with Crippen molar-refractivity contribution in [1.29, 1.82) is 0 Å². The number of hydrogen-bond donors (Lipinski definition) is 1. The zero-order valence-electron chi connectivity index (χ0n) is 25.8. The minimum atomic E-state index is -4.25. The van der Waals surface area contributed by atoms with Crippen LogP contribution in [-0.2, 0) is 12.4 Å². The van der Waals surface area contributed by atoms with Crippen molar-refractivity contribution in [3.8, 4) is 0 Å². The smallest absolute Gasteiger partial charge is 0.310 e. The number of halogens is 6. The summed E-state index contributed by atoms with van der Waals surface area (Å²) in [6, 6.07) is 8.20. The summed E-state index contributed by atoms with van der Waals surface area (Å²) in [6.45, 7) is 18.6. The van der Waals surface area contributed by atoms with Crippen molar-refractivity contribution < 1.29 is 26.3 Å². The van der Waals surface area contributed by atoms with Gasteiger partial charge in [-0.25, -0.2) is 0 Å². The molecule has 2 aromatic rings. The third kappa shape index (κ3) is 11.8. The van der Waals surface area contributed by atoms with Gasteiger partial charge in [-0.15, -0.1) is 0 Å². The maximum atomic E-state index is 12.6. The number of piperidine rings is 1. The van der Waals surface area contributed by atoms with Gasteiger partial charge in [-0.2, -0.15) is 26.3 Å². The number of nitrogens with one attached hydrogen (secondary N) is 1. The van der Waals surface area contributed by atoms with E-state index in [0.29, 0.717) is 5.92 Å². The lowest BCUT2D eigenvalue weighted by molar-refractivity contribution is -0.138. The first kappa shape index (κ1) is 37.9. The summed E-state index contributed by atoms with van der Waals surface area (Å²) in [5.41, 5.74) is 2.45. The second-order valence-electron chi connectivity index (χ2n) is 9.36. The van der Waals surface area contributed by atoms with E-state index in [2.05, 4.69) is 17.3 Å². The summed E-state index contributed by atoms with van der Waals surface area (Å²) in [5.74, 6) is 0.406. The summed E-state index contributed by atoms with van der Waals surface area (Å²) in [5, 5.41) is 3.23. The molecule has 0 bridgehead atoms. The maximum absolute atomic E-state index is 12.6. The first-order valence-electron chi connectivity index (χ1n) is 14.6. The second-order valence-corrected chi connectivity index (χ2v) is 9.36. The normalized spacial score (nSPS) is 17.6. The van der Waals surface area contributed by atoms with E-state index in [1.807, 2.05) is 48.5 Å². The summed E-state index contributed by atoms with van der Waals surface area (Å²) in [6.07, 6.45) is -4.48. The molecule has 40 heavy (non-hydrogen) atoms. The Morgan fingerprint density at radius 3 is 1.62 bits per heavy atom. The minimum absolute atomic E-state index is 0.0855. The lowest BCUT2D eigenvalue weighted by atomic mass is 9.86. The average molecular weight is 577 g/mol. The standard InChI is InChI=1S/C14H18F3N.C12H14F3N.3C2H6/c1-10-9-12(14(15,16)17)3-4-13(10)11-5-7-18(2)8-6-11;1-8-4-5-9(12(13,14)15)7-10(8)11-3-2-6-16-11;3*1-2/h3-4,9,11H,5-8H2,1-2H3;4-5,7,11,16H,2-3,6H2,1H3;3*1-2H3. The molecular weight excluding hydrogens is 526 g/mol. The maximum Gasteiger partial charge on any atom is 0.416 e. The molecule has 1 unspecified atom stereocenters. The van der Waals surface area contributed by atoms with Crippen LogP contribution >= 0.6 is 0 Å². The fourth-order valence-electron chi connectivity index (χ4n) is 4.77. The summed E-state index contributed by atoms with van der Waals surface area (Å²) < 4.78 is 75.5. The van der Waals surface area contributed by atoms with E-state index >= 15 is 0 Å². The van der Waals surface area contributed by atoms with E-state index in [9.17, 15) is 26.3 Å². The largest absolute Gasteiger partial charge is 0.416 e. The predicted octanol–water partition coefficient (Wildman–Crippen LogP) is 10.3. The molecule has 2 aromatic carbocycles. The molecule has 4 rings (SSSR count). The Balaban J connectivity index is 0.000000644. The molecule has 0 aliphatic carbocycles. The zero-order chi connectivity index (χ0) is 31.1. The average Bonchev–Trinajstić information content (AvgIpc) is 3.47. The summed E-state index contributed by atoms with van der Waals surface area (Å²) in [7, 11) is 2.08. The lowest BCUT2D eigenvalue weighted by Crippen LogP contribution is -2.29. The molecule has 2 fully saturated rings. The van der Waals surface area contributed by atoms with E-state index in [-0.39, 0.29) is 6.04 Å². The molecule has 230 valence electrons. The molecule has 2 heterocycles. The van der Waals surface area contributed by atoms with E-state index in [1.165, 1.54) is 18.2 Å². The Labute approximate surface area is 238 Å². The quantitative estimate of drug-likeness (QED) is 0.358. The first-order valence-corrected chi connectivity index (χ1v) is 14.6. The highest BCUT2D eigenvalue weighted by atomic mass is 19.4. The van der Waals surface area contributed by atoms with Crippen LogP contribution in [-0.4, -0.2) is 31.6 Å². The number of alkyl halides is 6. The van der Waals surface area contributed by atoms with Gasteiger partial charge in [0.2, 0.25) is 0 Å². The Hall–Kier alpha value is -2.06. The molecule has 0 saturated carbocycles. The fourth-order valence-corrected chi connectivity index (χ4v) is 4.77. The topological polar surface area (TPSA) is 15.3 Å². The number of hydrogen-bond acceptors (Lipinski definition) is 2. The van der Waals surface area contributed by atoms with Crippen LogP contribution in [0.2, 0.25) is 0 Å². The molecule has 0 aromatic heterocycles. The number of aryl methyl sites for hydroxylation is 2. The van der Waals surface area contributed by atoms with Crippen LogP contribution in [0.1, 0.15) is 113 Å². The van der Waals surface area contributed by atoms with Gasteiger partial charge in [-0.05, 0) is 119 Å². The summed E-state index contributed by atoms with van der Waals surface area (Å²) >= 11 is 0. The van der Waals surface area contributed by atoms with E-state index in [1.54, 1.807) is 19.1 Å². The van der Waals surface area contributed by atoms with Gasteiger partial charge < -0.3 is 10.2 Å². The molecule has 1 atom stereocenters. The molecule has 0 radical (unpaired) electrons. The van der Waals surface area contributed by atoms with Crippen molar-refractivity contribution in [3.63, 3.8) is 0 Å². The van der Waals surface area contributed by atoms with Gasteiger partial charge in [0.25, 0.3) is 0 Å². The fraction of sp³-hybridized carbons (Fsp3) is 0.625. The van der Waals surface area contributed by atoms with Crippen molar-refractivity contribution in [2.45, 2.75) is 105 Å². The predicted molar refractivity (Wildman–Crippen MR) is 156 cm³/mol. The zero-order valence-corrected chi connectivity index (χ0v) is 25.8. The number of nitrogens with zero attached hydrogens (tertiary/aromatic N) is 1. The molecule has 1 N–H and O–H groups in total. The second kappa shape index (κ2) is 18.4. The highest BCUT2D eigenvalue weighted by Crippen LogP contribution is 2.35. The van der Waals surface area contributed by atoms with Crippen LogP contribution in [0.4, 0.5) is 26.3 Å². The van der Waals surface area contributed by atoms with E-state index < -0.39 is 23.5 Å². The van der Waals surface area contributed by atoms with Crippen LogP contribution in [0.25, 0.3) is 0 Å². The molecule has 2 nitrogen and oxygen atoms in total. The van der Waals surface area contributed by atoms with Crippen molar-refractivity contribution in [2.24, 2.45) is 0 Å². The van der Waals surface area contributed by atoms with Crippen molar-refractivity contribution in [1.82, 2.24) is 10.2 Å². The van der Waals surface area contributed by atoms with Gasteiger partial charge in [-0.3, -0.25) is 0 Å². The van der Waals surface area contributed by atoms with Crippen LogP contribution in [0, 0.1) is 13.8 Å². The van der Waals surface area contributed by atoms with Gasteiger partial charge in [0.1, 0.15) is 0 Å². The van der Waals surface area contributed by atoms with Crippen molar-refractivity contribution >= 4 is 0 Å².